The molecule has 0 unspecified atom stereocenters. The van der Waals surface area contributed by atoms with Crippen molar-refractivity contribution in [2.24, 2.45) is 5.92 Å². The van der Waals surface area contributed by atoms with Crippen LogP contribution in [-0.2, 0) is 24.2 Å². The van der Waals surface area contributed by atoms with Crippen molar-refractivity contribution >= 4 is 11.6 Å². The molecule has 170 valence electrons. The second-order valence-corrected chi connectivity index (χ2v) is 9.88. The third kappa shape index (κ3) is 5.21. The summed E-state index contributed by atoms with van der Waals surface area (Å²) >= 11 is 0. The fraction of sp³-hybridized carbons (Fsp3) is 0.556. The number of amides is 1. The highest BCUT2D eigenvalue weighted by molar-refractivity contribution is 5.90. The Hall–Kier alpha value is -2.24. The molecule has 0 saturated carbocycles. The molecule has 0 radical (unpaired) electrons. The van der Waals surface area contributed by atoms with E-state index in [1.54, 1.807) is 0 Å². The first-order valence-electron chi connectivity index (χ1n) is 12.5. The van der Waals surface area contributed by atoms with Crippen molar-refractivity contribution in [2.75, 3.05) is 31.5 Å². The average molecular weight is 433 g/mol. The van der Waals surface area contributed by atoms with Gasteiger partial charge in [-0.05, 0) is 105 Å². The monoisotopic (exact) mass is 432 g/mol. The van der Waals surface area contributed by atoms with Crippen LogP contribution in [0.2, 0.25) is 0 Å². The molecular formula is C27H36N4O. The smallest absolute Gasteiger partial charge is 0.224 e. The van der Waals surface area contributed by atoms with Crippen LogP contribution in [0.15, 0.2) is 42.7 Å². The average Bonchev–Trinajstić information content (AvgIpc) is 3.50. The van der Waals surface area contributed by atoms with E-state index in [2.05, 4.69) is 44.4 Å². The molecule has 0 spiro atoms. The number of rotatable bonds is 7. The van der Waals surface area contributed by atoms with Crippen LogP contribution in [0, 0.1) is 5.92 Å². The lowest BCUT2D eigenvalue weighted by Gasteiger charge is -2.43. The number of anilines is 1. The summed E-state index contributed by atoms with van der Waals surface area (Å²) < 4.78 is 0. The van der Waals surface area contributed by atoms with Gasteiger partial charge in [-0.3, -0.25) is 14.7 Å². The fourth-order valence-electron chi connectivity index (χ4n) is 6.02. The van der Waals surface area contributed by atoms with Crippen molar-refractivity contribution in [3.05, 3.63) is 59.4 Å². The zero-order valence-corrected chi connectivity index (χ0v) is 19.1. The molecule has 32 heavy (non-hydrogen) atoms. The first-order chi connectivity index (χ1) is 15.7. The zero-order chi connectivity index (χ0) is 21.8. The summed E-state index contributed by atoms with van der Waals surface area (Å²) in [6.07, 6.45) is 12.8. The van der Waals surface area contributed by atoms with Gasteiger partial charge in [0.1, 0.15) is 0 Å². The summed E-state index contributed by atoms with van der Waals surface area (Å²) in [6, 6.07) is 11.3. The van der Waals surface area contributed by atoms with E-state index in [4.69, 9.17) is 0 Å². The van der Waals surface area contributed by atoms with Gasteiger partial charge in [0.05, 0.1) is 0 Å². The minimum atomic E-state index is 0.160. The van der Waals surface area contributed by atoms with Gasteiger partial charge in [-0.25, -0.2) is 0 Å². The Bertz CT molecular complexity index is 909. The predicted molar refractivity (Wildman–Crippen MR) is 129 cm³/mol. The number of nitrogens with zero attached hydrogens (tertiary/aromatic N) is 3. The maximum absolute atomic E-state index is 12.8. The van der Waals surface area contributed by atoms with E-state index in [-0.39, 0.29) is 5.91 Å². The van der Waals surface area contributed by atoms with Crippen LogP contribution in [0.3, 0.4) is 0 Å². The molecule has 1 aromatic carbocycles. The van der Waals surface area contributed by atoms with E-state index in [9.17, 15) is 4.79 Å². The lowest BCUT2D eigenvalue weighted by Crippen LogP contribution is -2.50. The number of hydrogen-bond donors (Lipinski definition) is 1. The molecule has 2 saturated heterocycles. The van der Waals surface area contributed by atoms with Crippen LogP contribution in [0.1, 0.15) is 55.2 Å². The van der Waals surface area contributed by atoms with Gasteiger partial charge in [0.15, 0.2) is 0 Å². The Balaban J connectivity index is 1.19. The fourth-order valence-corrected chi connectivity index (χ4v) is 6.02. The van der Waals surface area contributed by atoms with E-state index in [0.717, 1.165) is 38.2 Å². The minimum absolute atomic E-state index is 0.160. The number of carbonyl (C=O) groups excluding carboxylic acids is 1. The Kier molecular flexibility index (Phi) is 6.84. The summed E-state index contributed by atoms with van der Waals surface area (Å²) in [5, 5.41) is 3.17. The highest BCUT2D eigenvalue weighted by Gasteiger charge is 2.34. The molecule has 1 aromatic heterocycles. The van der Waals surface area contributed by atoms with E-state index < -0.39 is 0 Å². The van der Waals surface area contributed by atoms with Crippen molar-refractivity contribution in [3.63, 3.8) is 0 Å². The van der Waals surface area contributed by atoms with Crippen LogP contribution >= 0.6 is 0 Å². The number of piperidine rings is 1. The molecule has 5 nitrogen and oxygen atoms in total. The van der Waals surface area contributed by atoms with Crippen molar-refractivity contribution in [1.82, 2.24) is 14.8 Å². The van der Waals surface area contributed by atoms with Crippen molar-refractivity contribution < 1.29 is 4.79 Å². The van der Waals surface area contributed by atoms with Gasteiger partial charge < -0.3 is 10.2 Å². The van der Waals surface area contributed by atoms with Gasteiger partial charge in [0, 0.05) is 43.6 Å². The van der Waals surface area contributed by atoms with Gasteiger partial charge >= 0.3 is 0 Å². The lowest BCUT2D eigenvalue weighted by atomic mass is 9.86. The summed E-state index contributed by atoms with van der Waals surface area (Å²) in [5.74, 6) is 0.705. The Morgan fingerprint density at radius 2 is 1.94 bits per heavy atom. The molecule has 2 fully saturated rings. The van der Waals surface area contributed by atoms with Crippen molar-refractivity contribution in [3.8, 4) is 0 Å². The number of pyridine rings is 1. The number of nitrogens with one attached hydrogen (secondary N) is 1. The van der Waals surface area contributed by atoms with Crippen LogP contribution in [0.4, 0.5) is 5.69 Å². The first kappa shape index (κ1) is 21.6. The van der Waals surface area contributed by atoms with E-state index in [1.165, 1.54) is 61.9 Å². The SMILES string of the molecule is O=C(CC[C@H]1CN(Cc2cccnc2)CC[C@H]1N1CCCC1)Nc1ccc2c(c1)CCC2. The minimum Gasteiger partial charge on any atom is -0.326 e. The van der Waals surface area contributed by atoms with Gasteiger partial charge in [-0.2, -0.15) is 0 Å². The Labute approximate surface area is 192 Å². The predicted octanol–water partition coefficient (Wildman–Crippen LogP) is 4.28. The number of aromatic nitrogens is 1. The maximum Gasteiger partial charge on any atom is 0.224 e. The summed E-state index contributed by atoms with van der Waals surface area (Å²) in [5.41, 5.74) is 5.11. The van der Waals surface area contributed by atoms with Crippen molar-refractivity contribution in [2.45, 2.75) is 64.0 Å². The van der Waals surface area contributed by atoms with Crippen molar-refractivity contribution in [1.29, 1.82) is 0 Å². The maximum atomic E-state index is 12.8. The normalized spacial score (nSPS) is 23.9. The Morgan fingerprint density at radius 3 is 2.78 bits per heavy atom. The van der Waals surface area contributed by atoms with E-state index in [1.807, 2.05) is 18.5 Å². The molecule has 1 aliphatic carbocycles. The highest BCUT2D eigenvalue weighted by Crippen LogP contribution is 2.30. The number of aryl methyl sites for hydroxylation is 2. The summed E-state index contributed by atoms with van der Waals surface area (Å²) in [6.45, 7) is 5.62. The third-order valence-electron chi connectivity index (χ3n) is 7.64. The zero-order valence-electron chi connectivity index (χ0n) is 19.1. The van der Waals surface area contributed by atoms with Crippen LogP contribution < -0.4 is 5.32 Å². The number of carbonyl (C=O) groups is 1. The largest absolute Gasteiger partial charge is 0.326 e. The van der Waals surface area contributed by atoms with E-state index >= 15 is 0 Å². The van der Waals surface area contributed by atoms with Crippen LogP contribution in [0.25, 0.3) is 0 Å². The lowest BCUT2D eigenvalue weighted by molar-refractivity contribution is -0.116. The topological polar surface area (TPSA) is 48.5 Å². The number of hydrogen-bond acceptors (Lipinski definition) is 4. The number of likely N-dealkylation sites (tertiary alicyclic amines) is 2. The first-order valence-corrected chi connectivity index (χ1v) is 12.5. The molecule has 5 rings (SSSR count). The molecule has 2 aliphatic heterocycles. The molecule has 3 heterocycles. The molecule has 1 amide bonds. The van der Waals surface area contributed by atoms with Gasteiger partial charge in [-0.15, -0.1) is 0 Å². The number of benzene rings is 1. The molecule has 2 aromatic rings. The second kappa shape index (κ2) is 10.1. The van der Waals surface area contributed by atoms with Gasteiger partial charge in [0.2, 0.25) is 5.91 Å². The molecule has 5 heteroatoms. The standard InChI is InChI=1S/C27H36N4O/c32-27(29-25-10-8-22-6-3-7-23(22)17-25)11-9-24-20-30(19-21-5-4-13-28-18-21)16-12-26(24)31-14-1-2-15-31/h4-5,8,10,13,17-18,24,26H,1-3,6-7,9,11-12,14-16,19-20H2,(H,29,32)/t24-,26+/m0/s1. The Morgan fingerprint density at radius 1 is 1.06 bits per heavy atom. The third-order valence-corrected chi connectivity index (χ3v) is 7.64. The summed E-state index contributed by atoms with van der Waals surface area (Å²) in [7, 11) is 0. The van der Waals surface area contributed by atoms with Gasteiger partial charge in [0.25, 0.3) is 0 Å². The van der Waals surface area contributed by atoms with E-state index in [0.29, 0.717) is 18.4 Å². The molecule has 3 aliphatic rings. The highest BCUT2D eigenvalue weighted by atomic mass is 16.1. The second-order valence-electron chi connectivity index (χ2n) is 9.88. The number of fused-ring (bicyclic) bond motifs is 1. The molecule has 0 bridgehead atoms. The van der Waals surface area contributed by atoms with Crippen LogP contribution in [0.5, 0.6) is 0 Å². The molecule has 1 N–H and O–H groups in total. The molecular weight excluding hydrogens is 396 g/mol. The molecule has 2 atom stereocenters. The summed E-state index contributed by atoms with van der Waals surface area (Å²) in [4.78, 5) is 22.4. The van der Waals surface area contributed by atoms with Crippen LogP contribution in [-0.4, -0.2) is 52.9 Å². The van der Waals surface area contributed by atoms with Gasteiger partial charge in [-0.1, -0.05) is 12.1 Å². The quantitative estimate of drug-likeness (QED) is 0.710.